The van der Waals surface area contributed by atoms with Crippen molar-refractivity contribution in [3.63, 3.8) is 0 Å². The zero-order valence-corrected chi connectivity index (χ0v) is 38.9. The van der Waals surface area contributed by atoms with Crippen molar-refractivity contribution < 1.29 is 45.7 Å². The second-order valence-corrected chi connectivity index (χ2v) is 18.9. The third kappa shape index (κ3) is 12.1. The van der Waals surface area contributed by atoms with Gasteiger partial charge in [-0.1, -0.05) is 48.5 Å². The molecule has 0 saturated heterocycles. The molecule has 1 N–H and O–H groups in total. The van der Waals surface area contributed by atoms with Crippen molar-refractivity contribution in [1.82, 2.24) is 28.2 Å². The third-order valence-corrected chi connectivity index (χ3v) is 13.4. The van der Waals surface area contributed by atoms with Gasteiger partial charge in [-0.3, -0.25) is 14.2 Å². The zero-order valence-electron chi connectivity index (χ0n) is 37.3. The maximum absolute atomic E-state index is 13.6. The average molecular weight is 917 g/mol. The van der Waals surface area contributed by atoms with E-state index in [9.17, 15) is 26.7 Å². The van der Waals surface area contributed by atoms with Crippen LogP contribution < -0.4 is 18.9 Å². The number of aromatic nitrogens is 4. The van der Waals surface area contributed by atoms with E-state index in [-0.39, 0.29) is 60.6 Å². The molecule has 0 spiro atoms. The van der Waals surface area contributed by atoms with E-state index >= 15 is 0 Å². The van der Waals surface area contributed by atoms with Gasteiger partial charge in [0.1, 0.15) is 28.7 Å². The van der Waals surface area contributed by atoms with Crippen molar-refractivity contribution in [2.75, 3.05) is 28.4 Å². The Morgan fingerprint density at radius 3 is 1.06 bits per heavy atom. The number of sulfonamides is 2. The minimum atomic E-state index is -3.99. The normalized spacial score (nSPS) is 11.8. The Bertz CT molecular complexity index is 2550. The van der Waals surface area contributed by atoms with Crippen LogP contribution in [0.5, 0.6) is 23.0 Å². The van der Waals surface area contributed by atoms with Crippen LogP contribution in [0.1, 0.15) is 78.2 Å². The van der Waals surface area contributed by atoms with Gasteiger partial charge in [0.2, 0.25) is 0 Å². The van der Waals surface area contributed by atoms with Crippen LogP contribution in [0.3, 0.4) is 0 Å². The van der Waals surface area contributed by atoms with Crippen molar-refractivity contribution >= 4 is 26.3 Å². The highest BCUT2D eigenvalue weighted by Gasteiger charge is 2.31. The first kappa shape index (κ1) is 49.0. The van der Waals surface area contributed by atoms with Crippen molar-refractivity contribution in [3.8, 4) is 23.0 Å². The van der Waals surface area contributed by atoms with Crippen LogP contribution in [0.2, 0.25) is 0 Å². The van der Waals surface area contributed by atoms with E-state index in [4.69, 9.17) is 18.9 Å². The number of hydrogen-bond donors (Lipinski definition) is 1. The van der Waals surface area contributed by atoms with Gasteiger partial charge in [0, 0.05) is 50.4 Å². The van der Waals surface area contributed by atoms with Crippen LogP contribution >= 0.6 is 0 Å². The molecule has 0 aliphatic carbocycles. The Labute approximate surface area is 375 Å². The number of aldehydes is 1. The van der Waals surface area contributed by atoms with Gasteiger partial charge in [-0.15, -0.1) is 0 Å². The predicted molar refractivity (Wildman–Crippen MR) is 241 cm³/mol. The minimum absolute atomic E-state index is 0.0854. The molecule has 16 nitrogen and oxygen atoms in total. The molecule has 0 unspecified atom stereocenters. The van der Waals surface area contributed by atoms with Gasteiger partial charge in [-0.2, -0.15) is 18.8 Å². The lowest BCUT2D eigenvalue weighted by molar-refractivity contribution is 0.111. The maximum Gasteiger partial charge on any atom is 0.263 e. The van der Waals surface area contributed by atoms with E-state index in [1.807, 2.05) is 76.2 Å². The molecular formula is C46H56N6O10S2. The second kappa shape index (κ2) is 22.0. The lowest BCUT2D eigenvalue weighted by Gasteiger charge is -2.22. The van der Waals surface area contributed by atoms with Crippen LogP contribution in [0, 0.1) is 0 Å². The Balaban J connectivity index is 0.000000241. The Morgan fingerprint density at radius 1 is 0.531 bits per heavy atom. The molecule has 0 aliphatic rings. The predicted octanol–water partition coefficient (Wildman–Crippen LogP) is 7.05. The molecule has 0 atom stereocenters. The van der Waals surface area contributed by atoms with Crippen LogP contribution in [0.15, 0.2) is 119 Å². The van der Waals surface area contributed by atoms with Crippen molar-refractivity contribution in [3.05, 3.63) is 143 Å². The summed E-state index contributed by atoms with van der Waals surface area (Å²) in [6, 6.07) is 31.4. The fourth-order valence-electron chi connectivity index (χ4n) is 6.57. The summed E-state index contributed by atoms with van der Waals surface area (Å²) in [6.07, 6.45) is 0.614. The number of benzene rings is 4. The highest BCUT2D eigenvalue weighted by Crippen LogP contribution is 2.27. The summed E-state index contributed by atoms with van der Waals surface area (Å²) < 4.78 is 80.8. The van der Waals surface area contributed by atoms with Gasteiger partial charge < -0.3 is 24.1 Å². The standard InChI is InChI=1S/C23H29N3O5S.C23H27N3O5S/c2*1-17(2)26-20(16-27)13-23(24-26)32(28,29)25(14-18-5-9-21(30-3)10-6-18)15-19-7-11-22(31-4)12-8-19/h5-13,17,27H,14-16H2,1-4H3;5-13,16-17H,14-15H2,1-4H3. The van der Waals surface area contributed by atoms with Gasteiger partial charge in [0.15, 0.2) is 16.3 Å². The molecule has 2 heterocycles. The molecule has 342 valence electrons. The fourth-order valence-corrected chi connectivity index (χ4v) is 9.31. The first-order valence-corrected chi connectivity index (χ1v) is 23.2. The van der Waals surface area contributed by atoms with Crippen molar-refractivity contribution in [2.45, 2.75) is 82.6 Å². The number of carbonyl (C=O) groups excluding carboxylic acids is 1. The quantitative estimate of drug-likeness (QED) is 0.0772. The molecule has 0 radical (unpaired) electrons. The maximum atomic E-state index is 13.6. The number of methoxy groups -OCH3 is 4. The van der Waals surface area contributed by atoms with Crippen LogP contribution in [0.25, 0.3) is 0 Å². The Kier molecular flexibility index (Phi) is 16.9. The van der Waals surface area contributed by atoms with E-state index in [1.54, 1.807) is 77.0 Å². The van der Waals surface area contributed by atoms with Crippen molar-refractivity contribution in [2.24, 2.45) is 0 Å². The highest BCUT2D eigenvalue weighted by atomic mass is 32.2. The van der Waals surface area contributed by atoms with E-state index in [0.29, 0.717) is 35.0 Å². The van der Waals surface area contributed by atoms with Crippen LogP contribution in [-0.2, 0) is 52.8 Å². The van der Waals surface area contributed by atoms with Crippen molar-refractivity contribution in [1.29, 1.82) is 0 Å². The first-order chi connectivity index (χ1) is 30.6. The summed E-state index contributed by atoms with van der Waals surface area (Å²) in [5.41, 5.74) is 3.88. The number of carbonyl (C=O) groups is 1. The molecule has 4 aromatic carbocycles. The van der Waals surface area contributed by atoms with E-state index in [0.717, 1.165) is 22.3 Å². The molecule has 0 saturated carbocycles. The largest absolute Gasteiger partial charge is 0.497 e. The highest BCUT2D eigenvalue weighted by molar-refractivity contribution is 7.89. The summed E-state index contributed by atoms with van der Waals surface area (Å²) in [6.45, 7) is 7.71. The molecule has 6 aromatic rings. The Hall–Kier alpha value is -6.05. The SMILES string of the molecule is COc1ccc(CN(Cc2ccc(OC)cc2)S(=O)(=O)c2cc(C=O)n(C(C)C)n2)cc1.COc1ccc(CN(Cc2ccc(OC)cc2)S(=O)(=O)c2cc(CO)n(C(C)C)n2)cc1. The van der Waals surface area contributed by atoms with E-state index in [1.165, 1.54) is 30.1 Å². The summed E-state index contributed by atoms with van der Waals surface area (Å²) in [7, 11) is -1.63. The first-order valence-electron chi connectivity index (χ1n) is 20.3. The average Bonchev–Trinajstić information content (AvgIpc) is 3.97. The second-order valence-electron chi connectivity index (χ2n) is 15.2. The Morgan fingerprint density at radius 2 is 0.828 bits per heavy atom. The zero-order chi connectivity index (χ0) is 46.6. The summed E-state index contributed by atoms with van der Waals surface area (Å²) in [5.74, 6) is 2.76. The number of ether oxygens (including phenoxy) is 4. The number of hydrogen-bond acceptors (Lipinski definition) is 12. The lowest BCUT2D eigenvalue weighted by atomic mass is 10.2. The number of rotatable bonds is 20. The summed E-state index contributed by atoms with van der Waals surface area (Å²) >= 11 is 0. The minimum Gasteiger partial charge on any atom is -0.497 e. The monoisotopic (exact) mass is 916 g/mol. The number of nitrogens with zero attached hydrogens (tertiary/aromatic N) is 6. The molecule has 0 fully saturated rings. The van der Waals surface area contributed by atoms with Gasteiger partial charge in [-0.25, -0.2) is 16.8 Å². The van der Waals surface area contributed by atoms with E-state index in [2.05, 4.69) is 10.2 Å². The van der Waals surface area contributed by atoms with Crippen LogP contribution in [0.4, 0.5) is 0 Å². The molecule has 0 amide bonds. The fraction of sp³-hybridized carbons (Fsp3) is 0.326. The smallest absolute Gasteiger partial charge is 0.263 e. The molecule has 18 heteroatoms. The molecular weight excluding hydrogens is 861 g/mol. The molecule has 0 aliphatic heterocycles. The topological polar surface area (TPSA) is 185 Å². The summed E-state index contributed by atoms with van der Waals surface area (Å²) in [4.78, 5) is 11.5. The van der Waals surface area contributed by atoms with Gasteiger partial charge >= 0.3 is 0 Å². The molecule has 2 aromatic heterocycles. The van der Waals surface area contributed by atoms with Gasteiger partial charge in [-0.05, 0) is 98.5 Å². The number of aliphatic hydroxyl groups excluding tert-OH is 1. The summed E-state index contributed by atoms with van der Waals surface area (Å²) in [5, 5.41) is 17.9. The molecule has 64 heavy (non-hydrogen) atoms. The third-order valence-electron chi connectivity index (χ3n) is 10.1. The van der Waals surface area contributed by atoms with Gasteiger partial charge in [0.25, 0.3) is 20.0 Å². The molecule has 6 rings (SSSR count). The van der Waals surface area contributed by atoms with Gasteiger partial charge in [0.05, 0.1) is 40.7 Å². The number of aliphatic hydroxyl groups is 1. The van der Waals surface area contributed by atoms with E-state index < -0.39 is 20.0 Å². The lowest BCUT2D eigenvalue weighted by Crippen LogP contribution is -2.30. The van der Waals surface area contributed by atoms with Crippen LogP contribution in [-0.4, -0.2) is 84.8 Å². The molecule has 0 bridgehead atoms.